The van der Waals surface area contributed by atoms with Crippen LogP contribution in [0.5, 0.6) is 0 Å². The molecule has 0 atom stereocenters. The molecule has 0 saturated heterocycles. The van der Waals surface area contributed by atoms with Gasteiger partial charge in [0, 0.05) is 66.1 Å². The molecule has 4 nitrogen and oxygen atoms in total. The Kier molecular flexibility index (Phi) is 10.5. The Morgan fingerprint density at radius 1 is 0.200 bits per heavy atom. The predicted molar refractivity (Wildman–Crippen MR) is 338 cm³/mol. The second-order valence-electron chi connectivity index (χ2n) is 20.9. The largest absolute Gasteiger partial charge is 0.310 e. The highest BCUT2D eigenvalue weighted by Gasteiger charge is 2.21. The Morgan fingerprint density at radius 3 is 1.01 bits per heavy atom. The molecule has 13 aromatic carbocycles. The fourth-order valence-corrected chi connectivity index (χ4v) is 12.8. The first-order valence-corrected chi connectivity index (χ1v) is 27.5. The lowest BCUT2D eigenvalue weighted by atomic mass is 9.95. The lowest BCUT2D eigenvalue weighted by Crippen LogP contribution is -2.11. The van der Waals surface area contributed by atoms with Gasteiger partial charge < -0.3 is 18.6 Å². The normalized spacial score (nSPS) is 11.8. The number of para-hydroxylation sites is 6. The molecule has 0 radical (unpaired) electrons. The van der Waals surface area contributed by atoms with E-state index in [-0.39, 0.29) is 0 Å². The molecule has 0 spiro atoms. The molecule has 0 fully saturated rings. The zero-order valence-corrected chi connectivity index (χ0v) is 43.7. The maximum Gasteiger partial charge on any atom is 0.0541 e. The molecule has 0 aliphatic heterocycles. The average molecular weight is 1020 g/mol. The van der Waals surface area contributed by atoms with E-state index in [1.807, 2.05) is 0 Å². The Balaban J connectivity index is 0.790. The first kappa shape index (κ1) is 45.5. The second-order valence-corrected chi connectivity index (χ2v) is 20.9. The van der Waals surface area contributed by atoms with Gasteiger partial charge in [0.15, 0.2) is 0 Å². The number of hydrogen-bond donors (Lipinski definition) is 0. The van der Waals surface area contributed by atoms with E-state index in [1.165, 1.54) is 110 Å². The van der Waals surface area contributed by atoms with Gasteiger partial charge in [-0.1, -0.05) is 188 Å². The summed E-state index contributed by atoms with van der Waals surface area (Å²) in [6.07, 6.45) is 0. The van der Waals surface area contributed by atoms with Crippen LogP contribution in [0.1, 0.15) is 0 Å². The molecule has 374 valence electrons. The van der Waals surface area contributed by atoms with E-state index in [4.69, 9.17) is 0 Å². The topological polar surface area (TPSA) is 18.0 Å². The first-order chi connectivity index (χ1) is 39.7. The molecule has 0 saturated carbocycles. The molecule has 16 rings (SSSR count). The van der Waals surface area contributed by atoms with Gasteiger partial charge >= 0.3 is 0 Å². The molecular formula is C76H50N4. The molecular weight excluding hydrogens is 969 g/mol. The number of anilines is 3. The van der Waals surface area contributed by atoms with Crippen molar-refractivity contribution in [2.24, 2.45) is 0 Å². The van der Waals surface area contributed by atoms with Crippen LogP contribution in [0, 0.1) is 0 Å². The van der Waals surface area contributed by atoms with Crippen molar-refractivity contribution in [1.82, 2.24) is 13.7 Å². The Hall–Kier alpha value is -10.7. The summed E-state index contributed by atoms with van der Waals surface area (Å²) >= 11 is 0. The minimum absolute atomic E-state index is 1.07. The zero-order valence-electron chi connectivity index (χ0n) is 43.7. The Labute approximate surface area is 463 Å². The lowest BCUT2D eigenvalue weighted by molar-refractivity contribution is 1.17. The van der Waals surface area contributed by atoms with Crippen molar-refractivity contribution >= 4 is 93.3 Å². The monoisotopic (exact) mass is 1020 g/mol. The number of nitrogens with zero attached hydrogens (tertiary/aromatic N) is 4. The Morgan fingerprint density at radius 2 is 0.525 bits per heavy atom. The number of benzene rings is 13. The third-order valence-corrected chi connectivity index (χ3v) is 16.5. The van der Waals surface area contributed by atoms with E-state index in [0.717, 1.165) is 34.0 Å². The highest BCUT2D eigenvalue weighted by Crippen LogP contribution is 2.45. The SMILES string of the molecule is c1ccc(-n2c3ccccc3c3cc(-c4ccc(-c5ccc(N(c6ccc(-n7c8ccccc8c8ccccc87)cc6)c6ccc(-c7ccc8c(c7)c7ccccc7n8-c7ccccc7)c7ccccc67)cc5)cc4)ccc32)cc1. The highest BCUT2D eigenvalue weighted by atomic mass is 15.1. The maximum absolute atomic E-state index is 2.43. The summed E-state index contributed by atoms with van der Waals surface area (Å²) in [5, 5.41) is 9.85. The van der Waals surface area contributed by atoms with E-state index < -0.39 is 0 Å². The summed E-state index contributed by atoms with van der Waals surface area (Å²) in [7, 11) is 0. The molecule has 0 bridgehead atoms. The van der Waals surface area contributed by atoms with Gasteiger partial charge in [-0.3, -0.25) is 0 Å². The van der Waals surface area contributed by atoms with E-state index >= 15 is 0 Å². The molecule has 4 heteroatoms. The van der Waals surface area contributed by atoms with Crippen molar-refractivity contribution in [3.05, 3.63) is 303 Å². The maximum atomic E-state index is 2.43. The van der Waals surface area contributed by atoms with Crippen molar-refractivity contribution in [2.75, 3.05) is 4.90 Å². The third kappa shape index (κ3) is 7.31. The lowest BCUT2D eigenvalue weighted by Gasteiger charge is -2.28. The molecule has 3 aromatic heterocycles. The quantitative estimate of drug-likeness (QED) is 0.141. The second kappa shape index (κ2) is 18.5. The van der Waals surface area contributed by atoms with Gasteiger partial charge in [0.25, 0.3) is 0 Å². The van der Waals surface area contributed by atoms with Crippen LogP contribution in [-0.4, -0.2) is 13.7 Å². The summed E-state index contributed by atoms with van der Waals surface area (Å²) in [4.78, 5) is 2.43. The van der Waals surface area contributed by atoms with Gasteiger partial charge in [0.2, 0.25) is 0 Å². The fraction of sp³-hybridized carbons (Fsp3) is 0. The van der Waals surface area contributed by atoms with Gasteiger partial charge in [0.05, 0.1) is 38.8 Å². The third-order valence-electron chi connectivity index (χ3n) is 16.5. The number of rotatable bonds is 9. The average Bonchev–Trinajstić information content (AvgIpc) is 4.34. The first-order valence-electron chi connectivity index (χ1n) is 27.5. The molecule has 0 N–H and O–H groups in total. The van der Waals surface area contributed by atoms with E-state index in [2.05, 4.69) is 322 Å². The minimum atomic E-state index is 1.07. The number of fused-ring (bicyclic) bond motifs is 10. The van der Waals surface area contributed by atoms with Crippen molar-refractivity contribution in [3.63, 3.8) is 0 Å². The molecule has 16 aromatic rings. The number of hydrogen-bond acceptors (Lipinski definition) is 1. The summed E-state index contributed by atoms with van der Waals surface area (Å²) < 4.78 is 7.14. The molecule has 0 amide bonds. The molecule has 80 heavy (non-hydrogen) atoms. The molecule has 3 heterocycles. The fourth-order valence-electron chi connectivity index (χ4n) is 12.8. The van der Waals surface area contributed by atoms with Crippen molar-refractivity contribution < 1.29 is 0 Å². The van der Waals surface area contributed by atoms with E-state index in [0.29, 0.717) is 0 Å². The summed E-state index contributed by atoms with van der Waals surface area (Å²) in [6, 6.07) is 111. The standard InChI is InChI=1S/C76H50N4/c1-3-17-56(18-4-1)78-72-29-15-11-25-66(72)68-49-54(37-46-75(68)78)53-33-31-51(32-34-53)52-35-39-58(40-36-52)77(59-41-43-60(44-42-59)80-70-27-13-9-23-64(70)65-24-10-14-28-71(65)80)74-48-45-61(62-21-7-8-22-63(62)74)55-38-47-76-69(50-55)67-26-12-16-30-73(67)79(76)57-19-5-2-6-20-57/h1-50H. The predicted octanol–water partition coefficient (Wildman–Crippen LogP) is 20.6. The van der Waals surface area contributed by atoms with Gasteiger partial charge in [-0.25, -0.2) is 0 Å². The number of aromatic nitrogens is 3. The summed E-state index contributed by atoms with van der Waals surface area (Å²) in [6.45, 7) is 0. The van der Waals surface area contributed by atoms with Crippen LogP contribution in [0.25, 0.3) is 127 Å². The molecule has 0 aliphatic carbocycles. The van der Waals surface area contributed by atoms with E-state index in [1.54, 1.807) is 0 Å². The van der Waals surface area contributed by atoms with Crippen LogP contribution in [-0.2, 0) is 0 Å². The van der Waals surface area contributed by atoms with Gasteiger partial charge in [0.1, 0.15) is 0 Å². The van der Waals surface area contributed by atoms with Crippen LogP contribution in [0.4, 0.5) is 17.1 Å². The van der Waals surface area contributed by atoms with Gasteiger partial charge in [-0.15, -0.1) is 0 Å². The molecule has 0 unspecified atom stereocenters. The van der Waals surface area contributed by atoms with Crippen LogP contribution in [0.3, 0.4) is 0 Å². The van der Waals surface area contributed by atoms with Crippen molar-refractivity contribution in [3.8, 4) is 50.4 Å². The van der Waals surface area contributed by atoms with Crippen molar-refractivity contribution in [1.29, 1.82) is 0 Å². The van der Waals surface area contributed by atoms with Crippen LogP contribution < -0.4 is 4.90 Å². The molecule has 0 aliphatic rings. The van der Waals surface area contributed by atoms with Crippen LogP contribution in [0.15, 0.2) is 303 Å². The Bertz CT molecular complexity index is 4970. The zero-order chi connectivity index (χ0) is 52.7. The van der Waals surface area contributed by atoms with E-state index in [9.17, 15) is 0 Å². The smallest absolute Gasteiger partial charge is 0.0541 e. The highest BCUT2D eigenvalue weighted by molar-refractivity contribution is 6.14. The van der Waals surface area contributed by atoms with Gasteiger partial charge in [-0.2, -0.15) is 0 Å². The van der Waals surface area contributed by atoms with Crippen molar-refractivity contribution in [2.45, 2.75) is 0 Å². The van der Waals surface area contributed by atoms with Crippen LogP contribution in [0.2, 0.25) is 0 Å². The van der Waals surface area contributed by atoms with Crippen LogP contribution >= 0.6 is 0 Å². The minimum Gasteiger partial charge on any atom is -0.310 e. The summed E-state index contributed by atoms with van der Waals surface area (Å²) in [5.74, 6) is 0. The summed E-state index contributed by atoms with van der Waals surface area (Å²) in [5.41, 5.74) is 21.0. The van der Waals surface area contributed by atoms with Gasteiger partial charge in [-0.05, 0) is 154 Å².